The summed E-state index contributed by atoms with van der Waals surface area (Å²) in [6, 6.07) is 23.4. The van der Waals surface area contributed by atoms with E-state index in [0.29, 0.717) is 5.56 Å². The number of ketones is 1. The second-order valence-corrected chi connectivity index (χ2v) is 12.7. The van der Waals surface area contributed by atoms with Crippen LogP contribution in [0.5, 0.6) is 0 Å². The first-order valence-electron chi connectivity index (χ1n) is 16.3. The second-order valence-electron chi connectivity index (χ2n) is 12.7. The van der Waals surface area contributed by atoms with E-state index in [1.165, 1.54) is 11.6 Å². The molecule has 4 aromatic rings. The molecule has 1 radical (unpaired) electrons. The minimum atomic E-state index is -0.505. The summed E-state index contributed by atoms with van der Waals surface area (Å²) in [5.41, 5.74) is 8.98. The first kappa shape index (κ1) is 37.1. The Morgan fingerprint density at radius 2 is 1.46 bits per heavy atom. The van der Waals surface area contributed by atoms with E-state index in [1.807, 2.05) is 83.3 Å². The molecular weight excluding hydrogens is 750 g/mol. The van der Waals surface area contributed by atoms with Crippen molar-refractivity contribution in [1.29, 1.82) is 0 Å². The van der Waals surface area contributed by atoms with E-state index in [-0.39, 0.29) is 49.3 Å². The van der Waals surface area contributed by atoms with Crippen molar-refractivity contribution in [3.8, 4) is 33.5 Å². The van der Waals surface area contributed by atoms with Gasteiger partial charge in [-0.25, -0.2) is 4.39 Å². The van der Waals surface area contributed by atoms with Crippen LogP contribution in [0.15, 0.2) is 78.7 Å². The van der Waals surface area contributed by atoms with Gasteiger partial charge in [0, 0.05) is 60.8 Å². The molecule has 1 N–H and O–H groups in total. The van der Waals surface area contributed by atoms with Gasteiger partial charge in [0.25, 0.3) is 0 Å². The molecular formula is C41H47FIrNO2-. The zero-order chi connectivity index (χ0) is 32.9. The third-order valence-corrected chi connectivity index (χ3v) is 9.20. The number of nitrogens with zero attached hydrogens (tertiary/aromatic N) is 1. The van der Waals surface area contributed by atoms with Crippen molar-refractivity contribution in [2.45, 2.75) is 86.5 Å². The fourth-order valence-electron chi connectivity index (χ4n) is 6.70. The molecule has 245 valence electrons. The number of fused-ring (bicyclic) bond motifs is 3. The summed E-state index contributed by atoms with van der Waals surface area (Å²) in [7, 11) is 0. The standard InChI is InChI=1S/C28H23FN.C13H24O2.Ir/c1-17-14-18(2)16-20(15-17)27-25-23(12-13-30-27)22-11-10-21(19-8-6-5-7-9-19)26(29)24(22)28(25,3)4;1-5-10(6-2)12(14)9-13(15)11(7-3)8-4;/h5-15H,1-4H3;9-11,14H,5-8H2,1-4H3;/q-1;;/b;12-9-;. The van der Waals surface area contributed by atoms with Crippen molar-refractivity contribution in [2.24, 2.45) is 11.8 Å². The van der Waals surface area contributed by atoms with Crippen LogP contribution in [0.25, 0.3) is 33.5 Å². The maximum Gasteiger partial charge on any atom is 0.162 e. The van der Waals surface area contributed by atoms with Crippen molar-refractivity contribution >= 4 is 5.78 Å². The van der Waals surface area contributed by atoms with Crippen LogP contribution in [-0.2, 0) is 30.3 Å². The Bertz CT molecular complexity index is 1660. The fraction of sp³-hybridized carbons (Fsp3) is 0.366. The molecule has 0 saturated carbocycles. The molecule has 1 aliphatic rings. The second kappa shape index (κ2) is 15.9. The van der Waals surface area contributed by atoms with E-state index >= 15 is 4.39 Å². The summed E-state index contributed by atoms with van der Waals surface area (Å²) < 4.78 is 16.0. The van der Waals surface area contributed by atoms with Gasteiger partial charge in [-0.2, -0.15) is 0 Å². The number of carbonyl (C=O) groups excluding carboxylic acids is 1. The van der Waals surface area contributed by atoms with Crippen molar-refractivity contribution in [3.63, 3.8) is 0 Å². The Labute approximate surface area is 288 Å². The molecule has 0 spiro atoms. The molecule has 0 unspecified atom stereocenters. The molecule has 1 aromatic heterocycles. The average Bonchev–Trinajstić information content (AvgIpc) is 3.26. The molecule has 0 atom stereocenters. The van der Waals surface area contributed by atoms with Crippen LogP contribution in [-0.4, -0.2) is 15.9 Å². The zero-order valence-electron chi connectivity index (χ0n) is 28.4. The van der Waals surface area contributed by atoms with E-state index in [2.05, 4.69) is 45.0 Å². The molecule has 0 aliphatic heterocycles. The van der Waals surface area contributed by atoms with Gasteiger partial charge in [-0.3, -0.25) is 4.79 Å². The molecule has 5 heteroatoms. The third kappa shape index (κ3) is 7.59. The topological polar surface area (TPSA) is 50.2 Å². The number of aromatic nitrogens is 1. The molecule has 1 aliphatic carbocycles. The normalized spacial score (nSPS) is 13.1. The van der Waals surface area contributed by atoms with Crippen molar-refractivity contribution < 1.29 is 34.4 Å². The number of benzene rings is 3. The molecule has 5 rings (SSSR count). The quantitative estimate of drug-likeness (QED) is 0.104. The maximum atomic E-state index is 16.0. The van der Waals surface area contributed by atoms with Gasteiger partial charge in [-0.05, 0) is 59.7 Å². The summed E-state index contributed by atoms with van der Waals surface area (Å²) in [4.78, 5) is 16.5. The molecule has 0 saturated heterocycles. The first-order chi connectivity index (χ1) is 21.5. The van der Waals surface area contributed by atoms with Gasteiger partial charge in [0.15, 0.2) is 5.78 Å². The van der Waals surface area contributed by atoms with Crippen molar-refractivity contribution in [1.82, 2.24) is 4.98 Å². The minimum Gasteiger partial charge on any atom is -0.512 e. The number of allylic oxidation sites excluding steroid dienone is 2. The molecule has 3 aromatic carbocycles. The van der Waals surface area contributed by atoms with Crippen LogP contribution in [0.2, 0.25) is 0 Å². The summed E-state index contributed by atoms with van der Waals surface area (Å²) in [6.07, 6.45) is 6.73. The van der Waals surface area contributed by atoms with Crippen molar-refractivity contribution in [3.05, 3.63) is 113 Å². The predicted octanol–water partition coefficient (Wildman–Crippen LogP) is 11.1. The Morgan fingerprint density at radius 1 is 0.870 bits per heavy atom. The monoisotopic (exact) mass is 797 g/mol. The third-order valence-electron chi connectivity index (χ3n) is 9.20. The predicted molar refractivity (Wildman–Crippen MR) is 185 cm³/mol. The Morgan fingerprint density at radius 3 is 2.04 bits per heavy atom. The zero-order valence-corrected chi connectivity index (χ0v) is 30.8. The van der Waals surface area contributed by atoms with E-state index in [4.69, 9.17) is 4.98 Å². The smallest absolute Gasteiger partial charge is 0.162 e. The molecule has 0 fully saturated rings. The van der Waals surface area contributed by atoms with Gasteiger partial charge in [0.2, 0.25) is 0 Å². The summed E-state index contributed by atoms with van der Waals surface area (Å²) in [5, 5.41) is 9.76. The number of pyridine rings is 1. The fourth-order valence-corrected chi connectivity index (χ4v) is 6.70. The van der Waals surface area contributed by atoms with Crippen LogP contribution < -0.4 is 0 Å². The van der Waals surface area contributed by atoms with E-state index < -0.39 is 5.41 Å². The number of carbonyl (C=O) groups is 1. The number of aryl methyl sites for hydroxylation is 2. The van der Waals surface area contributed by atoms with E-state index in [9.17, 15) is 9.90 Å². The largest absolute Gasteiger partial charge is 0.512 e. The van der Waals surface area contributed by atoms with Crippen LogP contribution in [0, 0.1) is 37.6 Å². The van der Waals surface area contributed by atoms with Gasteiger partial charge in [-0.15, -0.1) is 34.9 Å². The van der Waals surface area contributed by atoms with Crippen LogP contribution in [0.1, 0.15) is 89.5 Å². The first-order valence-corrected chi connectivity index (χ1v) is 16.3. The van der Waals surface area contributed by atoms with E-state index in [1.54, 1.807) is 0 Å². The molecule has 0 bridgehead atoms. The SMILES string of the molecule is CCC(CC)C(=O)/C=C(\O)C(CC)CC.Cc1[c-]c(-c2nccc3c2C(C)(C)c2c-3ccc(-c3ccccc3)c2F)cc(C)c1.[Ir]. The van der Waals surface area contributed by atoms with Gasteiger partial charge >= 0.3 is 0 Å². The number of halogens is 1. The van der Waals surface area contributed by atoms with Crippen molar-refractivity contribution in [2.75, 3.05) is 0 Å². The average molecular weight is 797 g/mol. The Hall–Kier alpha value is -3.40. The summed E-state index contributed by atoms with van der Waals surface area (Å²) >= 11 is 0. The van der Waals surface area contributed by atoms with Gasteiger partial charge in [-0.1, -0.05) is 97.9 Å². The molecule has 1 heterocycles. The summed E-state index contributed by atoms with van der Waals surface area (Å²) in [6.45, 7) is 16.4. The minimum absolute atomic E-state index is 0. The number of aliphatic hydroxyl groups is 1. The number of hydrogen-bond acceptors (Lipinski definition) is 3. The Balaban J connectivity index is 0.000000309. The van der Waals surface area contributed by atoms with E-state index in [0.717, 1.165) is 70.3 Å². The van der Waals surface area contributed by atoms with Crippen LogP contribution >= 0.6 is 0 Å². The van der Waals surface area contributed by atoms with Crippen LogP contribution in [0.4, 0.5) is 4.39 Å². The van der Waals surface area contributed by atoms with Crippen LogP contribution in [0.3, 0.4) is 0 Å². The summed E-state index contributed by atoms with van der Waals surface area (Å²) in [5.74, 6) is 0.404. The molecule has 3 nitrogen and oxygen atoms in total. The molecule has 0 amide bonds. The van der Waals surface area contributed by atoms with Gasteiger partial charge in [0.05, 0.1) is 5.76 Å². The number of hydrogen-bond donors (Lipinski definition) is 1. The number of rotatable bonds is 9. The maximum absolute atomic E-state index is 16.0. The Kier molecular flexibility index (Phi) is 12.8. The van der Waals surface area contributed by atoms with Gasteiger partial charge in [0.1, 0.15) is 5.82 Å². The van der Waals surface area contributed by atoms with Gasteiger partial charge < -0.3 is 10.1 Å². The molecule has 46 heavy (non-hydrogen) atoms. The number of aliphatic hydroxyl groups excluding tert-OH is 1.